The minimum Gasteiger partial charge on any atom is -0.467 e. The molecule has 0 spiro atoms. The van der Waals surface area contributed by atoms with Gasteiger partial charge in [-0.15, -0.1) is 0 Å². The molecule has 1 aliphatic heterocycles. The van der Waals surface area contributed by atoms with Crippen molar-refractivity contribution in [2.75, 3.05) is 11.4 Å². The fraction of sp³-hybridized carbons (Fsp3) is 0.467. The summed E-state index contributed by atoms with van der Waals surface area (Å²) in [4.78, 5) is 11.2. The Morgan fingerprint density at radius 3 is 3.00 bits per heavy atom. The standard InChI is InChI=1S/C15H19N3O/c1-11-6-8-18(15-16-7-5-12(2)17-15)13(10-11)14-4-3-9-19-14/h3-5,7,9,11,13H,6,8,10H2,1-2H3. The maximum atomic E-state index is 5.61. The quantitative estimate of drug-likeness (QED) is 0.827. The summed E-state index contributed by atoms with van der Waals surface area (Å²) < 4.78 is 5.61. The Morgan fingerprint density at radius 2 is 2.26 bits per heavy atom. The van der Waals surface area contributed by atoms with Gasteiger partial charge in [0.2, 0.25) is 5.95 Å². The van der Waals surface area contributed by atoms with E-state index in [1.165, 1.54) is 6.42 Å². The number of furan rings is 1. The molecular formula is C15H19N3O. The number of anilines is 1. The summed E-state index contributed by atoms with van der Waals surface area (Å²) in [6.45, 7) is 5.28. The number of piperidine rings is 1. The van der Waals surface area contributed by atoms with Crippen molar-refractivity contribution >= 4 is 5.95 Å². The van der Waals surface area contributed by atoms with E-state index in [1.807, 2.05) is 31.3 Å². The predicted octanol–water partition coefficient (Wildman–Crippen LogP) is 3.36. The van der Waals surface area contributed by atoms with Crippen LogP contribution >= 0.6 is 0 Å². The van der Waals surface area contributed by atoms with Gasteiger partial charge in [-0.05, 0) is 43.9 Å². The molecule has 3 heterocycles. The maximum absolute atomic E-state index is 5.61. The third-order valence-electron chi connectivity index (χ3n) is 3.78. The van der Waals surface area contributed by atoms with E-state index in [4.69, 9.17) is 4.42 Å². The molecule has 1 fully saturated rings. The molecule has 4 heteroatoms. The van der Waals surface area contributed by atoms with Gasteiger partial charge in [0.05, 0.1) is 12.3 Å². The second-order valence-electron chi connectivity index (χ2n) is 5.35. The molecule has 0 radical (unpaired) electrons. The van der Waals surface area contributed by atoms with Gasteiger partial charge in [0, 0.05) is 18.4 Å². The normalized spacial score (nSPS) is 23.6. The Kier molecular flexibility index (Phi) is 3.23. The fourth-order valence-electron chi connectivity index (χ4n) is 2.71. The number of rotatable bonds is 2. The van der Waals surface area contributed by atoms with Crippen molar-refractivity contribution in [1.82, 2.24) is 9.97 Å². The lowest BCUT2D eigenvalue weighted by molar-refractivity contribution is 0.325. The molecule has 4 nitrogen and oxygen atoms in total. The number of aromatic nitrogens is 2. The lowest BCUT2D eigenvalue weighted by atomic mass is 9.91. The molecule has 2 atom stereocenters. The first kappa shape index (κ1) is 12.2. The van der Waals surface area contributed by atoms with Crippen LogP contribution in [0.25, 0.3) is 0 Å². The molecule has 3 rings (SSSR count). The number of hydrogen-bond acceptors (Lipinski definition) is 4. The summed E-state index contributed by atoms with van der Waals surface area (Å²) in [5.74, 6) is 2.53. The van der Waals surface area contributed by atoms with Crippen LogP contribution in [0, 0.1) is 12.8 Å². The number of hydrogen-bond donors (Lipinski definition) is 0. The molecule has 100 valence electrons. The molecule has 19 heavy (non-hydrogen) atoms. The van der Waals surface area contributed by atoms with Crippen molar-refractivity contribution in [3.8, 4) is 0 Å². The molecule has 0 aromatic carbocycles. The van der Waals surface area contributed by atoms with Gasteiger partial charge < -0.3 is 9.32 Å². The summed E-state index contributed by atoms with van der Waals surface area (Å²) in [5.41, 5.74) is 1.00. The fourth-order valence-corrected chi connectivity index (χ4v) is 2.71. The summed E-state index contributed by atoms with van der Waals surface area (Å²) in [7, 11) is 0. The van der Waals surface area contributed by atoms with Crippen LogP contribution in [0.1, 0.15) is 37.3 Å². The average Bonchev–Trinajstić information content (AvgIpc) is 2.92. The summed E-state index contributed by atoms with van der Waals surface area (Å²) >= 11 is 0. The van der Waals surface area contributed by atoms with Gasteiger partial charge in [-0.1, -0.05) is 6.92 Å². The average molecular weight is 257 g/mol. The van der Waals surface area contributed by atoms with E-state index in [9.17, 15) is 0 Å². The molecule has 0 amide bonds. The monoisotopic (exact) mass is 257 g/mol. The Morgan fingerprint density at radius 1 is 1.37 bits per heavy atom. The number of nitrogens with zero attached hydrogens (tertiary/aromatic N) is 3. The van der Waals surface area contributed by atoms with E-state index in [1.54, 1.807) is 6.26 Å². The third-order valence-corrected chi connectivity index (χ3v) is 3.78. The molecule has 0 N–H and O–H groups in total. The van der Waals surface area contributed by atoms with Gasteiger partial charge in [-0.3, -0.25) is 0 Å². The maximum Gasteiger partial charge on any atom is 0.226 e. The van der Waals surface area contributed by atoms with Crippen LogP contribution in [0.4, 0.5) is 5.95 Å². The van der Waals surface area contributed by atoms with Gasteiger partial charge >= 0.3 is 0 Å². The van der Waals surface area contributed by atoms with E-state index in [0.29, 0.717) is 5.92 Å². The highest BCUT2D eigenvalue weighted by Gasteiger charge is 2.31. The lowest BCUT2D eigenvalue weighted by Crippen LogP contribution is -2.37. The van der Waals surface area contributed by atoms with Crippen LogP contribution in [0.5, 0.6) is 0 Å². The minimum atomic E-state index is 0.251. The highest BCUT2D eigenvalue weighted by Crippen LogP contribution is 2.36. The molecule has 2 aromatic heterocycles. The van der Waals surface area contributed by atoms with E-state index in [-0.39, 0.29) is 6.04 Å². The van der Waals surface area contributed by atoms with Crippen LogP contribution in [0.3, 0.4) is 0 Å². The molecule has 1 saturated heterocycles. The van der Waals surface area contributed by atoms with Crippen molar-refractivity contribution in [2.45, 2.75) is 32.7 Å². The summed E-state index contributed by atoms with van der Waals surface area (Å²) in [6, 6.07) is 6.17. The van der Waals surface area contributed by atoms with E-state index in [0.717, 1.165) is 30.4 Å². The van der Waals surface area contributed by atoms with Crippen LogP contribution in [0.2, 0.25) is 0 Å². The van der Waals surface area contributed by atoms with Gasteiger partial charge in [-0.2, -0.15) is 0 Å². The Balaban J connectivity index is 1.93. The predicted molar refractivity (Wildman–Crippen MR) is 74.0 cm³/mol. The van der Waals surface area contributed by atoms with E-state index in [2.05, 4.69) is 21.8 Å². The van der Waals surface area contributed by atoms with Crippen LogP contribution in [-0.4, -0.2) is 16.5 Å². The van der Waals surface area contributed by atoms with Gasteiger partial charge in [0.15, 0.2) is 0 Å². The molecule has 2 unspecified atom stereocenters. The first-order valence-electron chi connectivity index (χ1n) is 6.83. The molecule has 1 aliphatic rings. The Bertz CT molecular complexity index is 538. The zero-order valence-electron chi connectivity index (χ0n) is 11.4. The van der Waals surface area contributed by atoms with Crippen molar-refractivity contribution in [3.05, 3.63) is 42.1 Å². The van der Waals surface area contributed by atoms with Crippen molar-refractivity contribution < 1.29 is 4.42 Å². The van der Waals surface area contributed by atoms with Crippen LogP contribution in [0.15, 0.2) is 35.1 Å². The van der Waals surface area contributed by atoms with E-state index >= 15 is 0 Å². The first-order chi connectivity index (χ1) is 9.24. The molecule has 2 aromatic rings. The first-order valence-corrected chi connectivity index (χ1v) is 6.83. The zero-order valence-corrected chi connectivity index (χ0v) is 11.4. The summed E-state index contributed by atoms with van der Waals surface area (Å²) in [6.07, 6.45) is 5.83. The van der Waals surface area contributed by atoms with Gasteiger partial charge in [0.1, 0.15) is 5.76 Å². The minimum absolute atomic E-state index is 0.251. The Labute approximate surface area is 113 Å². The highest BCUT2D eigenvalue weighted by molar-refractivity contribution is 5.35. The van der Waals surface area contributed by atoms with Crippen LogP contribution < -0.4 is 4.90 Å². The molecular weight excluding hydrogens is 238 g/mol. The van der Waals surface area contributed by atoms with Crippen molar-refractivity contribution in [2.24, 2.45) is 5.92 Å². The molecule has 0 bridgehead atoms. The topological polar surface area (TPSA) is 42.2 Å². The SMILES string of the molecule is Cc1ccnc(N2CCC(C)CC2c2ccco2)n1. The van der Waals surface area contributed by atoms with Gasteiger partial charge in [0.25, 0.3) is 0 Å². The van der Waals surface area contributed by atoms with Crippen molar-refractivity contribution in [1.29, 1.82) is 0 Å². The molecule has 0 saturated carbocycles. The second-order valence-corrected chi connectivity index (χ2v) is 5.35. The van der Waals surface area contributed by atoms with Crippen molar-refractivity contribution in [3.63, 3.8) is 0 Å². The largest absolute Gasteiger partial charge is 0.467 e. The lowest BCUT2D eigenvalue weighted by Gasteiger charge is -2.37. The Hall–Kier alpha value is -1.84. The molecule has 0 aliphatic carbocycles. The number of aryl methyl sites for hydroxylation is 1. The third kappa shape index (κ3) is 2.48. The smallest absolute Gasteiger partial charge is 0.226 e. The van der Waals surface area contributed by atoms with Gasteiger partial charge in [-0.25, -0.2) is 9.97 Å². The van der Waals surface area contributed by atoms with E-state index < -0.39 is 0 Å². The second kappa shape index (κ2) is 5.03. The van der Waals surface area contributed by atoms with Crippen LogP contribution in [-0.2, 0) is 0 Å². The zero-order chi connectivity index (χ0) is 13.2. The highest BCUT2D eigenvalue weighted by atomic mass is 16.3. The summed E-state index contributed by atoms with van der Waals surface area (Å²) in [5, 5.41) is 0.